The van der Waals surface area contributed by atoms with Crippen LogP contribution in [-0.2, 0) is 27.2 Å². The van der Waals surface area contributed by atoms with Crippen LogP contribution in [0.25, 0.3) is 0 Å². The fourth-order valence-electron chi connectivity index (χ4n) is 7.59. The Morgan fingerprint density at radius 2 is 1.22 bits per heavy atom. The van der Waals surface area contributed by atoms with Gasteiger partial charge in [-0.1, -0.05) is 24.3 Å². The largest absolute Gasteiger partial charge is 0.480 e. The highest BCUT2D eigenvalue weighted by Crippen LogP contribution is 2.22. The number of anilines is 2. The van der Waals surface area contributed by atoms with Crippen molar-refractivity contribution >= 4 is 29.8 Å². The number of carboxylic acid groups (broad SMARTS) is 3. The number of aromatic nitrogens is 3. The molecule has 0 aliphatic carbocycles. The van der Waals surface area contributed by atoms with Crippen LogP contribution in [0.3, 0.4) is 0 Å². The summed E-state index contributed by atoms with van der Waals surface area (Å²) < 4.78 is 0. The molecule has 16 heteroatoms. The Hall–Kier alpha value is -3.96. The SMILES string of the molecule is CC(C)N1CCN(c2nc(Cc3ccc(CC4CN(C)CCN(CC(=O)O)CCN(CC(=O)O)CCN4CC(=O)O)cc3)nc(N(C(C)C)C(C)C)n2)CC1. The van der Waals surface area contributed by atoms with Crippen molar-refractivity contribution in [2.45, 2.75) is 78.6 Å². The lowest BCUT2D eigenvalue weighted by Gasteiger charge is -2.37. The lowest BCUT2D eigenvalue weighted by atomic mass is 10.0. The first-order chi connectivity index (χ1) is 26.1. The zero-order valence-electron chi connectivity index (χ0n) is 34.0. The van der Waals surface area contributed by atoms with Crippen molar-refractivity contribution in [3.63, 3.8) is 0 Å². The molecule has 1 aromatic heterocycles. The van der Waals surface area contributed by atoms with Gasteiger partial charge in [0.05, 0.1) is 19.6 Å². The number of carbonyl (C=O) groups is 3. The quantitative estimate of drug-likeness (QED) is 0.239. The number of benzene rings is 1. The predicted molar refractivity (Wildman–Crippen MR) is 213 cm³/mol. The summed E-state index contributed by atoms with van der Waals surface area (Å²) in [5, 5.41) is 29.0. The maximum absolute atomic E-state index is 12.1. The summed E-state index contributed by atoms with van der Waals surface area (Å²) in [4.78, 5) is 65.0. The van der Waals surface area contributed by atoms with Crippen LogP contribution in [0.4, 0.5) is 11.9 Å². The first-order valence-electron chi connectivity index (χ1n) is 19.7. The normalized spacial score (nSPS) is 19.5. The van der Waals surface area contributed by atoms with E-state index in [4.69, 9.17) is 15.0 Å². The monoisotopic (exact) mass is 769 g/mol. The van der Waals surface area contributed by atoms with Crippen LogP contribution in [0.15, 0.2) is 24.3 Å². The third-order valence-electron chi connectivity index (χ3n) is 10.5. The zero-order valence-corrected chi connectivity index (χ0v) is 34.0. The highest BCUT2D eigenvalue weighted by Gasteiger charge is 2.27. The average Bonchev–Trinajstić information content (AvgIpc) is 3.10. The number of piperazine rings is 1. The van der Waals surface area contributed by atoms with Gasteiger partial charge in [0.25, 0.3) is 0 Å². The second-order valence-electron chi connectivity index (χ2n) is 15.9. The fraction of sp³-hybridized carbons (Fsp3) is 0.692. The van der Waals surface area contributed by atoms with Gasteiger partial charge in [-0.25, -0.2) is 0 Å². The molecule has 4 rings (SSSR count). The number of likely N-dealkylation sites (N-methyl/N-ethyl adjacent to an activating group) is 1. The summed E-state index contributed by atoms with van der Waals surface area (Å²) in [7, 11) is 1.97. The lowest BCUT2D eigenvalue weighted by Crippen LogP contribution is -2.52. The second kappa shape index (κ2) is 20.8. The minimum atomic E-state index is -0.982. The minimum absolute atomic E-state index is 0.133. The van der Waals surface area contributed by atoms with Gasteiger partial charge in [-0.05, 0) is 66.1 Å². The molecule has 2 aliphatic rings. The molecule has 16 nitrogen and oxygen atoms in total. The van der Waals surface area contributed by atoms with Crippen molar-refractivity contribution in [2.24, 2.45) is 0 Å². The number of hydrogen-bond donors (Lipinski definition) is 3. The maximum Gasteiger partial charge on any atom is 0.317 e. The van der Waals surface area contributed by atoms with Crippen molar-refractivity contribution in [1.29, 1.82) is 0 Å². The van der Waals surface area contributed by atoms with Gasteiger partial charge in [0.2, 0.25) is 11.9 Å². The van der Waals surface area contributed by atoms with E-state index in [-0.39, 0.29) is 37.8 Å². The Balaban J connectivity index is 1.57. The standard InChI is InChI=1S/C39H64N10O6/c1-28(2)46-18-20-47(21-19-46)38-40-34(41-39(42-38)49(29(3)4)30(5)6)23-32-10-8-31(9-11-32)22-33-24-43(7)12-13-44(25-35(50)51)14-15-45(26-36(52)53)16-17-48(33)27-37(54)55/h8-11,28-30,33H,12-27H2,1-7H3,(H,50,51)(H,52,53)(H,54,55). The van der Waals surface area contributed by atoms with Crippen molar-refractivity contribution < 1.29 is 29.7 Å². The summed E-state index contributed by atoms with van der Waals surface area (Å²) in [6, 6.07) is 9.06. The third-order valence-corrected chi connectivity index (χ3v) is 10.5. The molecule has 3 heterocycles. The predicted octanol–water partition coefficient (Wildman–Crippen LogP) is 1.63. The zero-order chi connectivity index (χ0) is 40.2. The van der Waals surface area contributed by atoms with E-state index in [0.29, 0.717) is 82.4 Å². The van der Waals surface area contributed by atoms with E-state index in [9.17, 15) is 29.7 Å². The molecule has 2 aliphatic heterocycles. The molecule has 3 N–H and O–H groups in total. The van der Waals surface area contributed by atoms with Crippen LogP contribution in [-0.4, -0.2) is 196 Å². The smallest absolute Gasteiger partial charge is 0.317 e. The Bertz CT molecular complexity index is 1530. The van der Waals surface area contributed by atoms with Gasteiger partial charge in [0, 0.05) is 103 Å². The molecular formula is C39H64N10O6. The minimum Gasteiger partial charge on any atom is -0.480 e. The van der Waals surface area contributed by atoms with Crippen molar-refractivity contribution in [3.8, 4) is 0 Å². The van der Waals surface area contributed by atoms with Crippen LogP contribution < -0.4 is 9.80 Å². The van der Waals surface area contributed by atoms with Crippen LogP contribution in [0.5, 0.6) is 0 Å². The van der Waals surface area contributed by atoms with Crippen LogP contribution >= 0.6 is 0 Å². The molecule has 0 radical (unpaired) electrons. The molecule has 2 aromatic rings. The summed E-state index contributed by atoms with van der Waals surface area (Å²) in [6.07, 6.45) is 1.11. The Kier molecular flexibility index (Phi) is 16.6. The summed E-state index contributed by atoms with van der Waals surface area (Å²) in [6.45, 7) is 19.3. The highest BCUT2D eigenvalue weighted by atomic mass is 16.4. The first-order valence-corrected chi connectivity index (χ1v) is 19.7. The molecule has 2 fully saturated rings. The maximum atomic E-state index is 12.1. The molecule has 0 spiro atoms. The Morgan fingerprint density at radius 1 is 0.691 bits per heavy atom. The number of aliphatic carboxylic acids is 3. The van der Waals surface area contributed by atoms with Gasteiger partial charge < -0.3 is 30.0 Å². The van der Waals surface area contributed by atoms with Gasteiger partial charge in [-0.2, -0.15) is 15.0 Å². The molecule has 0 saturated carbocycles. The number of carboxylic acids is 3. The van der Waals surface area contributed by atoms with Crippen LogP contribution in [0, 0.1) is 0 Å². The van der Waals surface area contributed by atoms with E-state index in [0.717, 1.165) is 37.3 Å². The summed E-state index contributed by atoms with van der Waals surface area (Å²) >= 11 is 0. The number of nitrogens with zero attached hydrogens (tertiary/aromatic N) is 10. The molecule has 1 aromatic carbocycles. The van der Waals surface area contributed by atoms with E-state index in [1.807, 2.05) is 16.8 Å². The van der Waals surface area contributed by atoms with Gasteiger partial charge in [-0.3, -0.25) is 34.0 Å². The van der Waals surface area contributed by atoms with Crippen molar-refractivity contribution in [3.05, 3.63) is 41.2 Å². The Morgan fingerprint density at radius 3 is 1.75 bits per heavy atom. The average molecular weight is 769 g/mol. The van der Waals surface area contributed by atoms with E-state index in [1.54, 1.807) is 4.90 Å². The fourth-order valence-corrected chi connectivity index (χ4v) is 7.59. The molecule has 1 atom stereocenters. The van der Waals surface area contributed by atoms with Gasteiger partial charge in [0.15, 0.2) is 0 Å². The highest BCUT2D eigenvalue weighted by molar-refractivity contribution is 5.70. The first kappa shape index (κ1) is 43.8. The van der Waals surface area contributed by atoms with Crippen LogP contribution in [0.1, 0.15) is 58.5 Å². The molecular weight excluding hydrogens is 704 g/mol. The molecule has 1 unspecified atom stereocenters. The van der Waals surface area contributed by atoms with Crippen molar-refractivity contribution in [1.82, 2.24) is 39.5 Å². The van der Waals surface area contributed by atoms with E-state index >= 15 is 0 Å². The van der Waals surface area contributed by atoms with Crippen molar-refractivity contribution in [2.75, 3.05) is 108 Å². The Labute approximate surface area is 326 Å². The summed E-state index contributed by atoms with van der Waals surface area (Å²) in [5.74, 6) is -0.751. The second-order valence-corrected chi connectivity index (χ2v) is 15.9. The van der Waals surface area contributed by atoms with Gasteiger partial charge in [0.1, 0.15) is 5.82 Å². The lowest BCUT2D eigenvalue weighted by molar-refractivity contribution is -0.141. The summed E-state index contributed by atoms with van der Waals surface area (Å²) in [5.41, 5.74) is 2.10. The topological polar surface area (TPSA) is 173 Å². The van der Waals surface area contributed by atoms with Crippen LogP contribution in [0.2, 0.25) is 0 Å². The number of rotatable bonds is 15. The van der Waals surface area contributed by atoms with E-state index in [1.165, 1.54) is 0 Å². The van der Waals surface area contributed by atoms with E-state index in [2.05, 4.69) is 85.4 Å². The molecule has 55 heavy (non-hydrogen) atoms. The molecule has 2 saturated heterocycles. The molecule has 0 bridgehead atoms. The van der Waals surface area contributed by atoms with Gasteiger partial charge in [-0.15, -0.1) is 0 Å². The van der Waals surface area contributed by atoms with Gasteiger partial charge >= 0.3 is 17.9 Å². The number of hydrogen-bond acceptors (Lipinski definition) is 13. The van der Waals surface area contributed by atoms with E-state index < -0.39 is 17.9 Å². The molecule has 306 valence electrons. The third kappa shape index (κ3) is 13.9. The molecule has 0 amide bonds.